The van der Waals surface area contributed by atoms with Crippen LogP contribution in [0.4, 0.5) is 8.78 Å². The van der Waals surface area contributed by atoms with Crippen LogP contribution < -0.4 is 5.73 Å². The third-order valence-corrected chi connectivity index (χ3v) is 8.69. The highest BCUT2D eigenvalue weighted by Gasteiger charge is 2.53. The Kier molecular flexibility index (Phi) is 7.59. The van der Waals surface area contributed by atoms with Gasteiger partial charge >= 0.3 is 0 Å². The number of likely N-dealkylation sites (tertiary alicyclic amines) is 1. The van der Waals surface area contributed by atoms with E-state index in [0.29, 0.717) is 16.7 Å². The summed E-state index contributed by atoms with van der Waals surface area (Å²) in [7, 11) is 2.15. The summed E-state index contributed by atoms with van der Waals surface area (Å²) in [5.74, 6) is -1.49. The molecule has 0 aromatic heterocycles. The van der Waals surface area contributed by atoms with Gasteiger partial charge in [0.15, 0.2) is 4.90 Å². The van der Waals surface area contributed by atoms with Crippen LogP contribution in [0, 0.1) is 17.6 Å². The molecule has 0 spiro atoms. The van der Waals surface area contributed by atoms with E-state index >= 15 is 0 Å². The molecule has 2 N–H and O–H groups in total. The molecule has 3 aromatic rings. The number of nitrogens with two attached hydrogens (primary N) is 1. The molecule has 0 radical (unpaired) electrons. The molecule has 0 bridgehead atoms. The van der Waals surface area contributed by atoms with Crippen LogP contribution in [-0.4, -0.2) is 47.4 Å². The van der Waals surface area contributed by atoms with Gasteiger partial charge in [-0.3, -0.25) is 4.79 Å². The molecule has 1 aliphatic heterocycles. The second-order valence-corrected chi connectivity index (χ2v) is 11.2. The van der Waals surface area contributed by atoms with E-state index in [2.05, 4.69) is 7.05 Å². The number of rotatable bonds is 9. The minimum Gasteiger partial charge on any atom is -0.611 e. The Morgan fingerprint density at radius 3 is 2.09 bits per heavy atom. The summed E-state index contributed by atoms with van der Waals surface area (Å²) in [4.78, 5) is 13.4. The molecule has 1 aliphatic rings. The monoisotopic (exact) mass is 497 g/mol. The van der Waals surface area contributed by atoms with Gasteiger partial charge in [0, 0.05) is 37.0 Å². The summed E-state index contributed by atoms with van der Waals surface area (Å²) >= 11 is -1.48. The van der Waals surface area contributed by atoms with E-state index in [-0.39, 0.29) is 16.7 Å². The highest BCUT2D eigenvalue weighted by atomic mass is 32.2. The number of nitrogens with zero attached hydrogens (tertiary/aromatic N) is 1. The number of amides is 1. The summed E-state index contributed by atoms with van der Waals surface area (Å²) in [5.41, 5.74) is 7.03. The molecule has 4 nitrogen and oxygen atoms in total. The number of carbonyl (C=O) groups is 1. The van der Waals surface area contributed by atoms with Gasteiger partial charge in [0.1, 0.15) is 22.8 Å². The largest absolute Gasteiger partial charge is 0.611 e. The van der Waals surface area contributed by atoms with Crippen LogP contribution in [0.15, 0.2) is 83.8 Å². The molecule has 1 saturated heterocycles. The molecule has 0 aliphatic carbocycles. The van der Waals surface area contributed by atoms with Gasteiger partial charge in [-0.05, 0) is 22.3 Å². The van der Waals surface area contributed by atoms with Crippen molar-refractivity contribution in [3.05, 3.63) is 102 Å². The van der Waals surface area contributed by atoms with Gasteiger partial charge in [-0.1, -0.05) is 60.7 Å². The smallest absolute Gasteiger partial charge is 0.233 e. The molecule has 3 atom stereocenters. The first-order valence-electron chi connectivity index (χ1n) is 11.8. The van der Waals surface area contributed by atoms with Crippen molar-refractivity contribution in [1.29, 1.82) is 0 Å². The molecule has 1 amide bonds. The molecule has 35 heavy (non-hydrogen) atoms. The lowest BCUT2D eigenvalue weighted by Gasteiger charge is -2.38. The molecule has 3 unspecified atom stereocenters. The van der Waals surface area contributed by atoms with Crippen LogP contribution in [0.5, 0.6) is 0 Å². The molecule has 4 rings (SSSR count). The third-order valence-electron chi connectivity index (χ3n) is 7.26. The number of hydrogen-bond acceptors (Lipinski definition) is 2. The fourth-order valence-electron chi connectivity index (χ4n) is 5.62. The summed E-state index contributed by atoms with van der Waals surface area (Å²) in [6.07, 6.45) is 1.45. The maximum absolute atomic E-state index is 13.5. The first-order chi connectivity index (χ1) is 16.7. The van der Waals surface area contributed by atoms with Crippen LogP contribution in [0.25, 0.3) is 0 Å². The lowest BCUT2D eigenvalue weighted by molar-refractivity contribution is -0.899. The fourth-order valence-corrected chi connectivity index (χ4v) is 6.73. The normalized spacial score (nSPS) is 21.1. The average Bonchev–Trinajstić information content (AvgIpc) is 3.22. The SMILES string of the molecule is C[N+]1(CCC[S+]([O-])c2cc(F)cc(F)c2)CCC(C(C(N)=O)(c2ccccc2)c2ccccc2)C1. The van der Waals surface area contributed by atoms with Crippen molar-refractivity contribution in [1.82, 2.24) is 0 Å². The van der Waals surface area contributed by atoms with Gasteiger partial charge in [-0.2, -0.15) is 0 Å². The number of hydrogen-bond donors (Lipinski definition) is 1. The van der Waals surface area contributed by atoms with E-state index in [1.807, 2.05) is 60.7 Å². The molecule has 1 fully saturated rings. The Morgan fingerprint density at radius 2 is 1.57 bits per heavy atom. The fraction of sp³-hybridized carbons (Fsp3) is 0.321. The zero-order valence-electron chi connectivity index (χ0n) is 19.8. The van der Waals surface area contributed by atoms with Crippen molar-refractivity contribution in [2.45, 2.75) is 23.2 Å². The van der Waals surface area contributed by atoms with Gasteiger partial charge in [-0.15, -0.1) is 0 Å². The average molecular weight is 498 g/mol. The number of halogens is 2. The molecule has 3 aromatic carbocycles. The first kappa shape index (κ1) is 25.4. The van der Waals surface area contributed by atoms with Gasteiger partial charge < -0.3 is 14.8 Å². The number of benzene rings is 3. The van der Waals surface area contributed by atoms with Crippen molar-refractivity contribution < 1.29 is 22.6 Å². The summed E-state index contributed by atoms with van der Waals surface area (Å²) in [5, 5.41) is 0. The van der Waals surface area contributed by atoms with E-state index in [4.69, 9.17) is 5.73 Å². The number of carbonyl (C=O) groups excluding carboxylic acids is 1. The standard InChI is InChI=1S/C28H30F2N2O2S/c1-32(14-8-16-35(34)26-18-24(29)17-25(30)19-26)15-13-23(20-32)28(27(31)33,21-9-4-2-5-10-21)22-11-6-3-7-12-22/h2-7,9-12,17-19,23H,8,13-16,20H2,1H3,(H-,31,33)/p+1. The molecule has 0 saturated carbocycles. The van der Waals surface area contributed by atoms with Gasteiger partial charge in [0.05, 0.1) is 26.7 Å². The molecule has 184 valence electrons. The van der Waals surface area contributed by atoms with Crippen molar-refractivity contribution >= 4 is 17.1 Å². The van der Waals surface area contributed by atoms with Crippen molar-refractivity contribution in [2.75, 3.05) is 32.4 Å². The van der Waals surface area contributed by atoms with E-state index in [1.54, 1.807) is 0 Å². The van der Waals surface area contributed by atoms with E-state index in [1.165, 1.54) is 0 Å². The highest BCUT2D eigenvalue weighted by molar-refractivity contribution is 7.91. The van der Waals surface area contributed by atoms with Gasteiger partial charge in [0.25, 0.3) is 0 Å². The Hall–Kier alpha value is -2.74. The summed E-state index contributed by atoms with van der Waals surface area (Å²) in [6, 6.07) is 22.5. The zero-order chi connectivity index (χ0) is 25.1. The lowest BCUT2D eigenvalue weighted by Crippen LogP contribution is -2.51. The van der Waals surface area contributed by atoms with Crippen molar-refractivity contribution in [2.24, 2.45) is 11.7 Å². The topological polar surface area (TPSA) is 66.2 Å². The van der Waals surface area contributed by atoms with Crippen LogP contribution >= 0.6 is 0 Å². The minimum atomic E-state index is -1.48. The van der Waals surface area contributed by atoms with Gasteiger partial charge in [-0.25, -0.2) is 8.78 Å². The quantitative estimate of drug-likeness (QED) is 0.352. The van der Waals surface area contributed by atoms with E-state index in [0.717, 1.165) is 55.4 Å². The Labute approximate surface area is 208 Å². The summed E-state index contributed by atoms with van der Waals surface area (Å²) in [6.45, 7) is 2.35. The van der Waals surface area contributed by atoms with E-state index < -0.39 is 28.2 Å². The maximum atomic E-state index is 13.5. The van der Waals surface area contributed by atoms with Crippen molar-refractivity contribution in [3.63, 3.8) is 0 Å². The predicted molar refractivity (Wildman–Crippen MR) is 134 cm³/mol. The lowest BCUT2D eigenvalue weighted by atomic mass is 9.64. The molecular formula is C28H31F2N2O2S+. The maximum Gasteiger partial charge on any atom is 0.233 e. The highest BCUT2D eigenvalue weighted by Crippen LogP contribution is 2.45. The molecular weight excluding hydrogens is 466 g/mol. The van der Waals surface area contributed by atoms with E-state index in [9.17, 15) is 18.1 Å². The number of primary amides is 1. The predicted octanol–water partition coefficient (Wildman–Crippen LogP) is 4.40. The third kappa shape index (κ3) is 5.27. The van der Waals surface area contributed by atoms with Crippen LogP contribution in [-0.2, 0) is 21.4 Å². The Morgan fingerprint density at radius 1 is 1.03 bits per heavy atom. The molecule has 7 heteroatoms. The first-order valence-corrected chi connectivity index (χ1v) is 13.2. The van der Waals surface area contributed by atoms with Crippen LogP contribution in [0.2, 0.25) is 0 Å². The zero-order valence-corrected chi connectivity index (χ0v) is 20.6. The van der Waals surface area contributed by atoms with Crippen LogP contribution in [0.1, 0.15) is 24.0 Å². The molecule has 1 heterocycles. The minimum absolute atomic E-state index is 0.00221. The Bertz CT molecular complexity index is 1100. The van der Waals surface area contributed by atoms with Crippen molar-refractivity contribution in [3.8, 4) is 0 Å². The number of quaternary nitrogens is 1. The second kappa shape index (κ2) is 10.5. The van der Waals surface area contributed by atoms with Crippen LogP contribution in [0.3, 0.4) is 0 Å². The summed E-state index contributed by atoms with van der Waals surface area (Å²) < 4.78 is 40.3. The second-order valence-electron chi connectivity index (χ2n) is 9.65. The Balaban J connectivity index is 1.53. The van der Waals surface area contributed by atoms with Gasteiger partial charge in [0.2, 0.25) is 5.91 Å².